The Morgan fingerprint density at radius 1 is 0.935 bits per heavy atom. The van der Waals surface area contributed by atoms with Crippen molar-refractivity contribution in [3.05, 3.63) is 71.8 Å². The van der Waals surface area contributed by atoms with Gasteiger partial charge in [-0.1, -0.05) is 60.7 Å². The van der Waals surface area contributed by atoms with Crippen LogP contribution in [-0.4, -0.2) is 61.1 Å². The van der Waals surface area contributed by atoms with Crippen LogP contribution in [0.2, 0.25) is 0 Å². The maximum absolute atomic E-state index is 13.5. The number of esters is 1. The van der Waals surface area contributed by atoms with E-state index in [-0.39, 0.29) is 17.9 Å². The van der Waals surface area contributed by atoms with Crippen molar-refractivity contribution in [3.8, 4) is 0 Å². The molecule has 2 aromatic rings. The number of carbonyl (C=O) groups is 2. The van der Waals surface area contributed by atoms with E-state index in [0.29, 0.717) is 13.1 Å². The predicted octanol–water partition coefficient (Wildman–Crippen LogP) is 0.955. The molecule has 0 bridgehead atoms. The number of rotatable bonds is 4. The molecular weight excluding hydrogens is 392 g/mol. The van der Waals surface area contributed by atoms with Gasteiger partial charge in [0.1, 0.15) is 12.1 Å². The van der Waals surface area contributed by atoms with E-state index < -0.39 is 17.8 Å². The number of carbonyl (C=O) groups excluding carboxylic acids is 2. The maximum atomic E-state index is 13.5. The molecule has 3 aliphatic heterocycles. The number of cyclic esters (lactones) is 1. The fourth-order valence-electron chi connectivity index (χ4n) is 5.07. The SMILES string of the molecule is O=C(NC1CCNCC1)C1CNCC2C(=O)OC(c3ccccc3)(c3ccccc3)N12. The molecule has 7 nitrogen and oxygen atoms in total. The molecule has 0 aromatic heterocycles. The highest BCUT2D eigenvalue weighted by atomic mass is 16.6. The van der Waals surface area contributed by atoms with Gasteiger partial charge in [-0.05, 0) is 25.9 Å². The highest BCUT2D eigenvalue weighted by Crippen LogP contribution is 2.45. The van der Waals surface area contributed by atoms with Crippen LogP contribution in [-0.2, 0) is 20.1 Å². The second kappa shape index (κ2) is 8.42. The van der Waals surface area contributed by atoms with Crippen LogP contribution in [0.15, 0.2) is 60.7 Å². The lowest BCUT2D eigenvalue weighted by atomic mass is 9.89. The molecule has 3 N–H and O–H groups in total. The van der Waals surface area contributed by atoms with Crippen LogP contribution < -0.4 is 16.0 Å². The van der Waals surface area contributed by atoms with Gasteiger partial charge in [0, 0.05) is 30.3 Å². The molecule has 1 amide bonds. The zero-order valence-corrected chi connectivity index (χ0v) is 17.4. The summed E-state index contributed by atoms with van der Waals surface area (Å²) in [5, 5.41) is 9.84. The summed E-state index contributed by atoms with van der Waals surface area (Å²) in [5.74, 6) is -0.363. The molecule has 0 saturated carbocycles. The average molecular weight is 421 g/mol. The van der Waals surface area contributed by atoms with Crippen molar-refractivity contribution in [2.75, 3.05) is 26.2 Å². The molecule has 0 spiro atoms. The molecule has 7 heteroatoms. The van der Waals surface area contributed by atoms with Crippen LogP contribution in [0, 0.1) is 0 Å². The number of amides is 1. The Kier molecular flexibility index (Phi) is 5.48. The van der Waals surface area contributed by atoms with Crippen molar-refractivity contribution < 1.29 is 14.3 Å². The Balaban J connectivity index is 1.57. The van der Waals surface area contributed by atoms with Gasteiger partial charge in [0.2, 0.25) is 11.6 Å². The number of fused-ring (bicyclic) bond motifs is 1. The number of piperidine rings is 1. The molecule has 3 heterocycles. The van der Waals surface area contributed by atoms with Crippen molar-refractivity contribution in [2.24, 2.45) is 0 Å². The standard InChI is InChI=1S/C24H28N4O3/c29-22(27-19-11-13-25-14-12-19)20-15-26-16-21-23(30)31-24(28(20)21,17-7-3-1-4-8-17)18-9-5-2-6-10-18/h1-10,19-21,25-26H,11-16H2,(H,27,29). The van der Waals surface area contributed by atoms with Crippen molar-refractivity contribution in [1.29, 1.82) is 0 Å². The third-order valence-corrected chi connectivity index (χ3v) is 6.55. The summed E-state index contributed by atoms with van der Waals surface area (Å²) in [5.41, 5.74) is 0.555. The summed E-state index contributed by atoms with van der Waals surface area (Å²) in [7, 11) is 0. The molecule has 2 unspecified atom stereocenters. The molecule has 5 rings (SSSR count). The minimum absolute atomic E-state index is 0.0568. The summed E-state index contributed by atoms with van der Waals surface area (Å²) in [6, 6.07) is 18.6. The largest absolute Gasteiger partial charge is 0.434 e. The van der Waals surface area contributed by atoms with Crippen molar-refractivity contribution >= 4 is 11.9 Å². The fraction of sp³-hybridized carbons (Fsp3) is 0.417. The van der Waals surface area contributed by atoms with Crippen LogP contribution in [0.4, 0.5) is 0 Å². The number of benzene rings is 2. The highest BCUT2D eigenvalue weighted by Gasteiger charge is 2.60. The first-order valence-electron chi connectivity index (χ1n) is 11.0. The first-order chi connectivity index (χ1) is 15.2. The summed E-state index contributed by atoms with van der Waals surface area (Å²) in [6.45, 7) is 2.72. The molecule has 31 heavy (non-hydrogen) atoms. The van der Waals surface area contributed by atoms with Gasteiger partial charge in [-0.15, -0.1) is 0 Å². The van der Waals surface area contributed by atoms with E-state index in [2.05, 4.69) is 16.0 Å². The van der Waals surface area contributed by atoms with Crippen LogP contribution in [0.3, 0.4) is 0 Å². The first kappa shape index (κ1) is 20.2. The van der Waals surface area contributed by atoms with E-state index in [1.807, 2.05) is 65.6 Å². The molecule has 162 valence electrons. The third kappa shape index (κ3) is 3.52. The molecule has 2 atom stereocenters. The maximum Gasteiger partial charge on any atom is 0.327 e. The second-order valence-corrected chi connectivity index (χ2v) is 8.43. The van der Waals surface area contributed by atoms with E-state index in [0.717, 1.165) is 37.1 Å². The first-order valence-corrected chi connectivity index (χ1v) is 11.0. The quantitative estimate of drug-likeness (QED) is 0.639. The zero-order valence-electron chi connectivity index (χ0n) is 17.4. The number of hydrogen-bond donors (Lipinski definition) is 3. The Labute approximate surface area is 182 Å². The minimum Gasteiger partial charge on any atom is -0.434 e. The smallest absolute Gasteiger partial charge is 0.327 e. The number of nitrogens with one attached hydrogen (secondary N) is 3. The highest BCUT2D eigenvalue weighted by molar-refractivity contribution is 5.87. The fourth-order valence-corrected chi connectivity index (χ4v) is 5.07. The Hall–Kier alpha value is -2.74. The Bertz CT molecular complexity index is 891. The molecule has 0 aliphatic carbocycles. The molecule has 3 aliphatic rings. The second-order valence-electron chi connectivity index (χ2n) is 8.43. The normalized spacial score (nSPS) is 26.1. The van der Waals surface area contributed by atoms with Gasteiger partial charge in [0.15, 0.2) is 0 Å². The summed E-state index contributed by atoms with van der Waals surface area (Å²) < 4.78 is 6.20. The van der Waals surface area contributed by atoms with E-state index >= 15 is 0 Å². The number of hydrogen-bond acceptors (Lipinski definition) is 6. The van der Waals surface area contributed by atoms with E-state index in [1.54, 1.807) is 0 Å². The predicted molar refractivity (Wildman–Crippen MR) is 116 cm³/mol. The molecular formula is C24H28N4O3. The van der Waals surface area contributed by atoms with Gasteiger partial charge in [0.05, 0.1) is 0 Å². The van der Waals surface area contributed by atoms with E-state index in [9.17, 15) is 9.59 Å². The lowest BCUT2D eigenvalue weighted by Gasteiger charge is -2.45. The van der Waals surface area contributed by atoms with Crippen molar-refractivity contribution in [3.63, 3.8) is 0 Å². The third-order valence-electron chi connectivity index (χ3n) is 6.55. The average Bonchev–Trinajstić information content (AvgIpc) is 3.14. The minimum atomic E-state index is -1.14. The summed E-state index contributed by atoms with van der Waals surface area (Å²) in [6.07, 6.45) is 1.82. The van der Waals surface area contributed by atoms with Crippen LogP contribution in [0.25, 0.3) is 0 Å². The number of ether oxygens (including phenoxy) is 1. The zero-order chi connectivity index (χ0) is 21.3. The van der Waals surface area contributed by atoms with Gasteiger partial charge in [-0.2, -0.15) is 0 Å². The molecule has 2 aromatic carbocycles. The van der Waals surface area contributed by atoms with Crippen LogP contribution in [0.1, 0.15) is 24.0 Å². The van der Waals surface area contributed by atoms with Crippen molar-refractivity contribution in [2.45, 2.75) is 36.7 Å². The Morgan fingerprint density at radius 3 is 2.16 bits per heavy atom. The topological polar surface area (TPSA) is 82.7 Å². The van der Waals surface area contributed by atoms with Crippen LogP contribution >= 0.6 is 0 Å². The lowest BCUT2D eigenvalue weighted by molar-refractivity contribution is -0.153. The van der Waals surface area contributed by atoms with Gasteiger partial charge in [-0.3, -0.25) is 9.59 Å². The summed E-state index contributed by atoms with van der Waals surface area (Å²) >= 11 is 0. The lowest BCUT2D eigenvalue weighted by Crippen LogP contribution is -2.66. The van der Waals surface area contributed by atoms with Gasteiger partial charge in [-0.25, -0.2) is 4.90 Å². The van der Waals surface area contributed by atoms with Crippen molar-refractivity contribution in [1.82, 2.24) is 20.9 Å². The molecule has 3 saturated heterocycles. The molecule has 3 fully saturated rings. The van der Waals surface area contributed by atoms with E-state index in [1.165, 1.54) is 0 Å². The van der Waals surface area contributed by atoms with Gasteiger partial charge >= 0.3 is 5.97 Å². The van der Waals surface area contributed by atoms with E-state index in [4.69, 9.17) is 4.74 Å². The number of nitrogens with zero attached hydrogens (tertiary/aromatic N) is 1. The Morgan fingerprint density at radius 2 is 1.55 bits per heavy atom. The number of piperazine rings is 1. The monoisotopic (exact) mass is 420 g/mol. The molecule has 0 radical (unpaired) electrons. The summed E-state index contributed by atoms with van der Waals surface area (Å²) in [4.78, 5) is 28.6. The van der Waals surface area contributed by atoms with Crippen LogP contribution in [0.5, 0.6) is 0 Å². The van der Waals surface area contributed by atoms with Gasteiger partial charge in [0.25, 0.3) is 0 Å². The van der Waals surface area contributed by atoms with Gasteiger partial charge < -0.3 is 20.7 Å².